The molecular weight excluding hydrogens is 847 g/mol. The van der Waals surface area contributed by atoms with E-state index >= 15 is 0 Å². The number of rotatable bonds is 8. The van der Waals surface area contributed by atoms with Crippen LogP contribution in [0.2, 0.25) is 0 Å². The fraction of sp³-hybridized carbons (Fsp3) is 0.519. The van der Waals surface area contributed by atoms with Gasteiger partial charge in [0.2, 0.25) is 17.7 Å². The second kappa shape index (κ2) is 19.2. The molecule has 4 amide bonds. The van der Waals surface area contributed by atoms with Gasteiger partial charge in [-0.15, -0.1) is 0 Å². The third-order valence-corrected chi connectivity index (χ3v) is 14.0. The van der Waals surface area contributed by atoms with Crippen molar-refractivity contribution in [1.82, 2.24) is 45.0 Å². The minimum atomic E-state index is -1.02. The van der Waals surface area contributed by atoms with Gasteiger partial charge in [0.25, 0.3) is 5.91 Å². The standard InChI is InChI=1S/C52H65N9O6/c1-9-60-42-18-17-36-24-39(42)40(46(60)38-28-53-32-54-29-38)26-51(4,5)31-67-49(65)41-15-11-21-61(56-41)50(66)52(25-34-13-10-14-35(36)23-34)27-43(52)55-47(63)45(33(2)3)58(8)48(64)37-19-22-59(30-37)44(62)16-12-20-57(6)7/h10,13-14,17-18,23-24,28-29,32-33,37,41,43,45,56H,9,11,15,19-22,25-27,30-31H2,1-8H3,(H,55,63)/t37-,41-,43?,45-,52?/m0/s1. The van der Waals surface area contributed by atoms with Gasteiger partial charge in [-0.2, -0.15) is 0 Å². The van der Waals surface area contributed by atoms with Gasteiger partial charge in [-0.3, -0.25) is 33.9 Å². The lowest BCUT2D eigenvalue weighted by molar-refractivity contribution is -0.156. The summed E-state index contributed by atoms with van der Waals surface area (Å²) in [6.45, 7) is 12.6. The van der Waals surface area contributed by atoms with Crippen LogP contribution in [0.5, 0.6) is 0 Å². The number of hydrogen-bond acceptors (Lipinski definition) is 10. The molecule has 354 valence electrons. The van der Waals surface area contributed by atoms with Crippen LogP contribution >= 0.6 is 0 Å². The first-order chi connectivity index (χ1) is 32.0. The zero-order valence-electron chi connectivity index (χ0n) is 40.2. The predicted molar refractivity (Wildman–Crippen MR) is 255 cm³/mol. The maximum atomic E-state index is 15.0. The molecular formula is C52H65N9O6. The molecule has 6 bridgehead atoms. The number of fused-ring (bicyclic) bond motifs is 6. The number of carbonyl (C=O) groups excluding carboxylic acids is 5. The van der Waals surface area contributed by atoms with Crippen molar-refractivity contribution in [2.45, 2.75) is 97.8 Å². The van der Waals surface area contributed by atoms with Crippen LogP contribution in [0.4, 0.5) is 0 Å². The summed E-state index contributed by atoms with van der Waals surface area (Å²) in [6, 6.07) is 12.7. The third-order valence-electron chi connectivity index (χ3n) is 14.0. The summed E-state index contributed by atoms with van der Waals surface area (Å²) in [4.78, 5) is 83.9. The van der Waals surface area contributed by atoms with Gasteiger partial charge >= 0.3 is 5.97 Å². The van der Waals surface area contributed by atoms with E-state index < -0.39 is 40.8 Å². The molecule has 2 aromatic carbocycles. The highest BCUT2D eigenvalue weighted by atomic mass is 16.5. The molecule has 3 fully saturated rings. The highest BCUT2D eigenvalue weighted by molar-refractivity contribution is 5.96. The SMILES string of the molecule is CCn1c(-c2cncnc2)c2c3cc(ccc31)-c1cccc(c1)CC1(CC1NC(=O)[C@H](C(C)C)N(C)C(=O)[C@H]1CCN(C(=O)C#CCN(C)C)C1)C(=O)N1CCC[C@H](N1)C(=O)OCC(C)(C)C2. The Morgan fingerprint density at radius 3 is 2.48 bits per heavy atom. The fourth-order valence-corrected chi connectivity index (χ4v) is 10.5. The minimum absolute atomic E-state index is 0.165. The molecule has 2 aromatic heterocycles. The van der Waals surface area contributed by atoms with E-state index in [9.17, 15) is 24.0 Å². The molecule has 8 rings (SSSR count). The number of aromatic nitrogens is 3. The largest absolute Gasteiger partial charge is 0.464 e. The Morgan fingerprint density at radius 1 is 0.985 bits per heavy atom. The number of nitrogens with zero attached hydrogens (tertiary/aromatic N) is 7. The Balaban J connectivity index is 1.10. The van der Waals surface area contributed by atoms with E-state index in [0.717, 1.165) is 51.0 Å². The Labute approximate surface area is 393 Å². The molecule has 67 heavy (non-hydrogen) atoms. The maximum Gasteiger partial charge on any atom is 0.324 e. The lowest BCUT2D eigenvalue weighted by Gasteiger charge is -2.36. The molecule has 2 unspecified atom stereocenters. The summed E-state index contributed by atoms with van der Waals surface area (Å²) in [6.07, 6.45) is 8.15. The Morgan fingerprint density at radius 2 is 1.75 bits per heavy atom. The number of aryl methyl sites for hydroxylation is 1. The Bertz CT molecular complexity index is 2610. The first-order valence-electron chi connectivity index (χ1n) is 23.7. The Kier molecular flexibility index (Phi) is 13.6. The number of esters is 1. The number of amides is 4. The van der Waals surface area contributed by atoms with Crippen molar-refractivity contribution in [1.29, 1.82) is 0 Å². The summed E-state index contributed by atoms with van der Waals surface area (Å²) >= 11 is 0. The molecule has 15 heteroatoms. The lowest BCUT2D eigenvalue weighted by atomic mass is 9.84. The summed E-state index contributed by atoms with van der Waals surface area (Å²) in [5.74, 6) is 3.39. The molecule has 4 aromatic rings. The number of likely N-dealkylation sites (N-methyl/N-ethyl adjacent to an activating group) is 1. The number of nitrogens with one attached hydrogen (secondary N) is 2. The molecule has 1 aliphatic carbocycles. The van der Waals surface area contributed by atoms with Gasteiger partial charge in [0.1, 0.15) is 18.4 Å². The number of hydrazine groups is 1. The number of cyclic esters (lactones) is 1. The number of hydrogen-bond donors (Lipinski definition) is 2. The van der Waals surface area contributed by atoms with Gasteiger partial charge in [0.05, 0.1) is 30.2 Å². The van der Waals surface area contributed by atoms with Gasteiger partial charge in [-0.05, 0) is 106 Å². The first-order valence-corrected chi connectivity index (χ1v) is 23.7. The van der Waals surface area contributed by atoms with Crippen LogP contribution in [0.15, 0.2) is 61.2 Å². The molecule has 2 saturated heterocycles. The average molecular weight is 912 g/mol. The van der Waals surface area contributed by atoms with E-state index in [1.54, 1.807) is 17.0 Å². The van der Waals surface area contributed by atoms with Crippen molar-refractivity contribution in [3.05, 3.63) is 72.3 Å². The van der Waals surface area contributed by atoms with E-state index in [2.05, 4.69) is 88.2 Å². The van der Waals surface area contributed by atoms with Crippen LogP contribution < -0.4 is 10.7 Å². The smallest absolute Gasteiger partial charge is 0.324 e. The van der Waals surface area contributed by atoms with Crippen molar-refractivity contribution < 1.29 is 28.7 Å². The summed E-state index contributed by atoms with van der Waals surface area (Å²) < 4.78 is 8.41. The van der Waals surface area contributed by atoms with Crippen LogP contribution in [-0.4, -0.2) is 136 Å². The summed E-state index contributed by atoms with van der Waals surface area (Å²) in [7, 11) is 5.41. The molecule has 15 nitrogen and oxygen atoms in total. The number of benzene rings is 2. The maximum absolute atomic E-state index is 15.0. The quantitative estimate of drug-likeness (QED) is 0.187. The topological polar surface area (TPSA) is 162 Å². The normalized spacial score (nSPS) is 23.1. The minimum Gasteiger partial charge on any atom is -0.464 e. The number of likely N-dealkylation sites (tertiary alicyclic amines) is 1. The molecule has 2 N–H and O–H groups in total. The van der Waals surface area contributed by atoms with Crippen molar-refractivity contribution in [2.24, 2.45) is 22.7 Å². The van der Waals surface area contributed by atoms with Crippen LogP contribution in [0.1, 0.15) is 71.4 Å². The highest BCUT2D eigenvalue weighted by Gasteiger charge is 2.62. The van der Waals surface area contributed by atoms with Crippen molar-refractivity contribution >= 4 is 40.5 Å². The van der Waals surface area contributed by atoms with Gasteiger partial charge in [-0.25, -0.2) is 15.4 Å². The molecule has 3 aliphatic heterocycles. The van der Waals surface area contributed by atoms with Crippen LogP contribution in [-0.2, 0) is 48.1 Å². The van der Waals surface area contributed by atoms with Crippen molar-refractivity contribution in [3.8, 4) is 34.2 Å². The molecule has 1 spiro atoms. The second-order valence-electron chi connectivity index (χ2n) is 20.4. The van der Waals surface area contributed by atoms with Crippen molar-refractivity contribution in [2.75, 3.05) is 53.9 Å². The molecule has 4 aliphatic rings. The van der Waals surface area contributed by atoms with E-state index in [0.29, 0.717) is 58.2 Å². The molecule has 1 saturated carbocycles. The molecule has 5 heterocycles. The van der Waals surface area contributed by atoms with Crippen LogP contribution in [0, 0.1) is 34.5 Å². The zero-order chi connectivity index (χ0) is 47.8. The van der Waals surface area contributed by atoms with E-state index in [-0.39, 0.29) is 42.7 Å². The predicted octanol–water partition coefficient (Wildman–Crippen LogP) is 4.72. The fourth-order valence-electron chi connectivity index (χ4n) is 10.5. The monoisotopic (exact) mass is 912 g/mol. The van der Waals surface area contributed by atoms with E-state index in [1.807, 2.05) is 57.4 Å². The molecule has 0 radical (unpaired) electrons. The van der Waals surface area contributed by atoms with Crippen molar-refractivity contribution in [3.63, 3.8) is 0 Å². The van der Waals surface area contributed by atoms with Crippen LogP contribution in [0.3, 0.4) is 0 Å². The third kappa shape index (κ3) is 9.83. The zero-order valence-corrected chi connectivity index (χ0v) is 40.2. The highest BCUT2D eigenvalue weighted by Crippen LogP contribution is 2.51. The van der Waals surface area contributed by atoms with Crippen LogP contribution in [0.25, 0.3) is 33.3 Å². The number of carbonyl (C=O) groups is 5. The van der Waals surface area contributed by atoms with Gasteiger partial charge in [0.15, 0.2) is 0 Å². The Hall–Kier alpha value is -6.11. The van der Waals surface area contributed by atoms with E-state index in [1.165, 1.54) is 11.2 Å². The average Bonchev–Trinajstić information content (AvgIpc) is 3.60. The summed E-state index contributed by atoms with van der Waals surface area (Å²) in [5, 5.41) is 5.88. The van der Waals surface area contributed by atoms with Gasteiger partial charge < -0.3 is 24.4 Å². The van der Waals surface area contributed by atoms with E-state index in [4.69, 9.17) is 4.74 Å². The molecule has 5 atom stereocenters. The first kappa shape index (κ1) is 47.4. The summed E-state index contributed by atoms with van der Waals surface area (Å²) in [5.41, 5.74) is 8.88. The lowest BCUT2D eigenvalue weighted by Crippen LogP contribution is -2.58. The van der Waals surface area contributed by atoms with Gasteiger partial charge in [-0.1, -0.05) is 63.9 Å². The second-order valence-corrected chi connectivity index (χ2v) is 20.4. The number of ether oxygens (including phenoxy) is 1. The van der Waals surface area contributed by atoms with Gasteiger partial charge in [0, 0.05) is 73.5 Å².